The summed E-state index contributed by atoms with van der Waals surface area (Å²) in [7, 11) is -1.87. The van der Waals surface area contributed by atoms with Crippen molar-refractivity contribution in [2.75, 3.05) is 25.9 Å². The minimum absolute atomic E-state index is 0.0186. The van der Waals surface area contributed by atoms with Gasteiger partial charge >= 0.3 is 0 Å². The van der Waals surface area contributed by atoms with Crippen molar-refractivity contribution in [3.8, 4) is 0 Å². The van der Waals surface area contributed by atoms with E-state index in [0.29, 0.717) is 12.5 Å². The Hall–Kier alpha value is -0.660. The molecule has 0 aromatic heterocycles. The normalized spacial score (nSPS) is 24.8. The van der Waals surface area contributed by atoms with E-state index in [0.717, 1.165) is 25.7 Å². The SMILES string of the molecule is CNS(=O)(=O)CCNC(=O)C1CCC(CN)CC1. The molecule has 106 valence electrons. The molecule has 0 aromatic carbocycles. The molecule has 0 aliphatic heterocycles. The van der Waals surface area contributed by atoms with Crippen LogP contribution in [0.25, 0.3) is 0 Å². The molecule has 6 nitrogen and oxygen atoms in total. The predicted octanol–water partition coefficient (Wildman–Crippen LogP) is -0.583. The molecule has 1 aliphatic rings. The molecule has 1 rings (SSSR count). The Morgan fingerprint density at radius 3 is 2.39 bits per heavy atom. The molecule has 4 N–H and O–H groups in total. The van der Waals surface area contributed by atoms with E-state index in [4.69, 9.17) is 5.73 Å². The molecule has 0 radical (unpaired) electrons. The first-order chi connectivity index (χ1) is 8.48. The molecular formula is C11H23N3O3S. The van der Waals surface area contributed by atoms with Gasteiger partial charge in [0.05, 0.1) is 5.75 Å². The molecule has 1 saturated carbocycles. The van der Waals surface area contributed by atoms with E-state index in [1.165, 1.54) is 7.05 Å². The quantitative estimate of drug-likeness (QED) is 0.604. The first kappa shape index (κ1) is 15.4. The Balaban J connectivity index is 2.26. The van der Waals surface area contributed by atoms with Gasteiger partial charge in [0.15, 0.2) is 0 Å². The number of hydrogen-bond donors (Lipinski definition) is 3. The predicted molar refractivity (Wildman–Crippen MR) is 70.4 cm³/mol. The molecule has 0 bridgehead atoms. The molecule has 1 aliphatic carbocycles. The van der Waals surface area contributed by atoms with E-state index in [9.17, 15) is 13.2 Å². The van der Waals surface area contributed by atoms with Crippen molar-refractivity contribution in [3.05, 3.63) is 0 Å². The third-order valence-electron chi connectivity index (χ3n) is 3.53. The highest BCUT2D eigenvalue weighted by Crippen LogP contribution is 2.27. The van der Waals surface area contributed by atoms with E-state index in [1.807, 2.05) is 0 Å². The summed E-state index contributed by atoms with van der Waals surface area (Å²) in [6.07, 6.45) is 3.69. The van der Waals surface area contributed by atoms with E-state index < -0.39 is 10.0 Å². The molecular weight excluding hydrogens is 254 g/mol. The molecule has 18 heavy (non-hydrogen) atoms. The van der Waals surface area contributed by atoms with Gasteiger partial charge in [0.25, 0.3) is 0 Å². The second-order valence-electron chi connectivity index (χ2n) is 4.77. The molecule has 1 amide bonds. The van der Waals surface area contributed by atoms with Gasteiger partial charge < -0.3 is 11.1 Å². The molecule has 0 unspecified atom stereocenters. The Bertz CT molecular complexity index is 362. The third kappa shape index (κ3) is 4.91. The van der Waals surface area contributed by atoms with Gasteiger partial charge in [-0.15, -0.1) is 0 Å². The van der Waals surface area contributed by atoms with Gasteiger partial charge in [-0.3, -0.25) is 4.79 Å². The topological polar surface area (TPSA) is 101 Å². The second kappa shape index (κ2) is 7.06. The molecule has 0 saturated heterocycles. The van der Waals surface area contributed by atoms with Gasteiger partial charge in [0.2, 0.25) is 15.9 Å². The van der Waals surface area contributed by atoms with Crippen LogP contribution in [-0.2, 0) is 14.8 Å². The van der Waals surface area contributed by atoms with E-state index in [1.54, 1.807) is 0 Å². The first-order valence-corrected chi connectivity index (χ1v) is 8.02. The fourth-order valence-electron chi connectivity index (χ4n) is 2.22. The summed E-state index contributed by atoms with van der Waals surface area (Å²) in [5.41, 5.74) is 5.59. The van der Waals surface area contributed by atoms with Crippen LogP contribution in [0.4, 0.5) is 0 Å². The van der Waals surface area contributed by atoms with Gasteiger partial charge in [0.1, 0.15) is 0 Å². The standard InChI is InChI=1S/C11H23N3O3S/c1-13-18(16,17)7-6-14-11(15)10-4-2-9(8-12)3-5-10/h9-10,13H,2-8,12H2,1H3,(H,14,15). The Morgan fingerprint density at radius 1 is 1.28 bits per heavy atom. The number of hydrogen-bond acceptors (Lipinski definition) is 4. The summed E-state index contributed by atoms with van der Waals surface area (Å²) in [6, 6.07) is 0. The van der Waals surface area contributed by atoms with Crippen LogP contribution < -0.4 is 15.8 Å². The van der Waals surface area contributed by atoms with Crippen LogP contribution in [0.5, 0.6) is 0 Å². The van der Waals surface area contributed by atoms with Gasteiger partial charge in [-0.1, -0.05) is 0 Å². The van der Waals surface area contributed by atoms with Crippen molar-refractivity contribution >= 4 is 15.9 Å². The van der Waals surface area contributed by atoms with Crippen LogP contribution in [0.15, 0.2) is 0 Å². The maximum atomic E-state index is 11.8. The number of nitrogens with two attached hydrogens (primary N) is 1. The first-order valence-electron chi connectivity index (χ1n) is 6.37. The van der Waals surface area contributed by atoms with E-state index in [2.05, 4.69) is 10.0 Å². The highest BCUT2D eigenvalue weighted by molar-refractivity contribution is 7.89. The zero-order valence-corrected chi connectivity index (χ0v) is 11.6. The Labute approximate surface area is 109 Å². The third-order valence-corrected chi connectivity index (χ3v) is 4.90. The molecule has 0 spiro atoms. The highest BCUT2D eigenvalue weighted by Gasteiger charge is 2.25. The fraction of sp³-hybridized carbons (Fsp3) is 0.909. The number of carbonyl (C=O) groups excluding carboxylic acids is 1. The van der Waals surface area contributed by atoms with Gasteiger partial charge in [0, 0.05) is 12.5 Å². The lowest BCUT2D eigenvalue weighted by Crippen LogP contribution is -2.38. The number of nitrogens with one attached hydrogen (secondary N) is 2. The van der Waals surface area contributed by atoms with Gasteiger partial charge in [-0.2, -0.15) is 0 Å². The lowest BCUT2D eigenvalue weighted by molar-refractivity contribution is -0.126. The van der Waals surface area contributed by atoms with E-state index in [-0.39, 0.29) is 24.1 Å². The van der Waals surface area contributed by atoms with Crippen LogP contribution in [0.3, 0.4) is 0 Å². The van der Waals surface area contributed by atoms with Crippen molar-refractivity contribution in [2.45, 2.75) is 25.7 Å². The van der Waals surface area contributed by atoms with Gasteiger partial charge in [-0.25, -0.2) is 13.1 Å². The number of carbonyl (C=O) groups is 1. The molecule has 1 fully saturated rings. The van der Waals surface area contributed by atoms with Crippen molar-refractivity contribution < 1.29 is 13.2 Å². The summed E-state index contributed by atoms with van der Waals surface area (Å²) in [5, 5.41) is 2.69. The minimum atomic E-state index is -3.24. The molecule has 7 heteroatoms. The van der Waals surface area contributed by atoms with Crippen LogP contribution in [0, 0.1) is 11.8 Å². The lowest BCUT2D eigenvalue weighted by atomic mass is 9.81. The lowest BCUT2D eigenvalue weighted by Gasteiger charge is -2.26. The van der Waals surface area contributed by atoms with Crippen LogP contribution >= 0.6 is 0 Å². The molecule has 0 atom stereocenters. The fourth-order valence-corrected chi connectivity index (χ4v) is 2.79. The van der Waals surface area contributed by atoms with Gasteiger partial charge in [-0.05, 0) is 45.2 Å². The number of sulfonamides is 1. The molecule has 0 heterocycles. The van der Waals surface area contributed by atoms with Crippen molar-refractivity contribution in [1.29, 1.82) is 0 Å². The summed E-state index contributed by atoms with van der Waals surface area (Å²) in [5.74, 6) is 0.452. The summed E-state index contributed by atoms with van der Waals surface area (Å²) in [4.78, 5) is 11.8. The zero-order chi connectivity index (χ0) is 13.6. The van der Waals surface area contributed by atoms with E-state index >= 15 is 0 Å². The van der Waals surface area contributed by atoms with Crippen LogP contribution in [0.2, 0.25) is 0 Å². The van der Waals surface area contributed by atoms with Crippen molar-refractivity contribution in [2.24, 2.45) is 17.6 Å². The maximum absolute atomic E-state index is 11.8. The minimum Gasteiger partial charge on any atom is -0.355 e. The second-order valence-corrected chi connectivity index (χ2v) is 6.81. The zero-order valence-electron chi connectivity index (χ0n) is 10.8. The molecule has 0 aromatic rings. The largest absolute Gasteiger partial charge is 0.355 e. The summed E-state index contributed by atoms with van der Waals surface area (Å²) >= 11 is 0. The van der Waals surface area contributed by atoms with Crippen molar-refractivity contribution in [1.82, 2.24) is 10.0 Å². The van der Waals surface area contributed by atoms with Crippen molar-refractivity contribution in [3.63, 3.8) is 0 Å². The number of rotatable bonds is 6. The maximum Gasteiger partial charge on any atom is 0.223 e. The highest BCUT2D eigenvalue weighted by atomic mass is 32.2. The van der Waals surface area contributed by atoms with Crippen LogP contribution in [-0.4, -0.2) is 40.2 Å². The smallest absolute Gasteiger partial charge is 0.223 e. The average Bonchev–Trinajstić information content (AvgIpc) is 2.38. The summed E-state index contributed by atoms with van der Waals surface area (Å²) < 4.78 is 24.5. The average molecular weight is 277 g/mol. The monoisotopic (exact) mass is 277 g/mol. The van der Waals surface area contributed by atoms with Crippen LogP contribution in [0.1, 0.15) is 25.7 Å². The summed E-state index contributed by atoms with van der Waals surface area (Å²) in [6.45, 7) is 0.855. The Kier molecular flexibility index (Phi) is 6.04. The number of amides is 1. The Morgan fingerprint density at radius 2 is 1.89 bits per heavy atom.